The smallest absolute Gasteiger partial charge is 0.174 e. The van der Waals surface area contributed by atoms with Crippen molar-refractivity contribution in [2.24, 2.45) is 0 Å². The molecule has 7 nitrogen and oxygen atoms in total. The van der Waals surface area contributed by atoms with Crippen LogP contribution in [0.1, 0.15) is 18.7 Å². The van der Waals surface area contributed by atoms with Crippen molar-refractivity contribution in [3.8, 4) is 11.3 Å². The third-order valence-electron chi connectivity index (χ3n) is 6.26. The molecule has 0 aliphatic carbocycles. The molecule has 0 bridgehead atoms. The molecule has 0 radical (unpaired) electrons. The number of benzene rings is 3. The Morgan fingerprint density at radius 1 is 0.667 bits per heavy atom. The molecule has 1 fully saturated rings. The number of para-hydroxylation sites is 2. The highest BCUT2D eigenvalue weighted by Crippen LogP contribution is 2.31. The van der Waals surface area contributed by atoms with Gasteiger partial charge in [-0.3, -0.25) is 0 Å². The Hall–Kier alpha value is -4.52. The van der Waals surface area contributed by atoms with Crippen LogP contribution in [0.5, 0.6) is 0 Å². The van der Waals surface area contributed by atoms with Crippen molar-refractivity contribution in [1.29, 1.82) is 0 Å². The minimum absolute atomic E-state index is 0.717. The second-order valence-electron chi connectivity index (χ2n) is 8.96. The van der Waals surface area contributed by atoms with Crippen LogP contribution in [0, 0.1) is 6.92 Å². The van der Waals surface area contributed by atoms with Crippen molar-refractivity contribution in [3.05, 3.63) is 90.8 Å². The molecule has 1 saturated heterocycles. The molecule has 0 saturated carbocycles. The number of anilines is 5. The largest absolute Gasteiger partial charge is 0.354 e. The molecule has 7 heteroatoms. The van der Waals surface area contributed by atoms with E-state index in [4.69, 9.17) is 9.97 Å². The molecule has 2 aromatic heterocycles. The van der Waals surface area contributed by atoms with Crippen LogP contribution >= 0.6 is 0 Å². The lowest BCUT2D eigenvalue weighted by atomic mass is 10.1. The van der Waals surface area contributed by atoms with Gasteiger partial charge < -0.3 is 15.5 Å². The molecule has 2 N–H and O–H groups in total. The van der Waals surface area contributed by atoms with E-state index in [0.29, 0.717) is 0 Å². The average molecular weight is 474 g/mol. The lowest BCUT2D eigenvalue weighted by Crippen LogP contribution is -2.21. The van der Waals surface area contributed by atoms with E-state index in [0.717, 1.165) is 70.0 Å². The number of rotatable bonds is 6. The van der Waals surface area contributed by atoms with Gasteiger partial charge in [0, 0.05) is 36.1 Å². The quantitative estimate of drug-likeness (QED) is 0.292. The van der Waals surface area contributed by atoms with E-state index < -0.39 is 0 Å². The molecular weight excluding hydrogens is 446 g/mol. The molecule has 0 atom stereocenters. The standard InChI is InChI=1S/C29H27N7/c1-20-30-26(21-10-3-2-4-11-21)19-27(31-20)32-22-12-9-13-23(18-22)33-28-29(36-16-7-8-17-36)35-25-15-6-5-14-24(25)34-28/h2-6,9-15,18-19H,7-8,16-17H2,1H3,(H,33,34)(H,30,31,32). The Balaban J connectivity index is 1.29. The van der Waals surface area contributed by atoms with Crippen LogP contribution in [-0.4, -0.2) is 33.0 Å². The molecule has 1 aliphatic heterocycles. The zero-order valence-electron chi connectivity index (χ0n) is 20.1. The molecule has 1 aliphatic rings. The summed E-state index contributed by atoms with van der Waals surface area (Å²) in [5.74, 6) is 3.15. The fraction of sp³-hybridized carbons (Fsp3) is 0.172. The van der Waals surface area contributed by atoms with Gasteiger partial charge in [0.05, 0.1) is 16.7 Å². The van der Waals surface area contributed by atoms with Gasteiger partial charge in [0.15, 0.2) is 11.6 Å². The maximum absolute atomic E-state index is 4.96. The highest BCUT2D eigenvalue weighted by atomic mass is 15.2. The molecule has 0 amide bonds. The minimum Gasteiger partial charge on any atom is -0.354 e. The summed E-state index contributed by atoms with van der Waals surface area (Å²) in [6.45, 7) is 3.91. The summed E-state index contributed by atoms with van der Waals surface area (Å²) in [5, 5.41) is 6.97. The second kappa shape index (κ2) is 9.62. The van der Waals surface area contributed by atoms with Crippen LogP contribution in [0.4, 0.5) is 28.8 Å². The average Bonchev–Trinajstić information content (AvgIpc) is 3.44. The third kappa shape index (κ3) is 4.68. The van der Waals surface area contributed by atoms with Crippen molar-refractivity contribution < 1.29 is 0 Å². The van der Waals surface area contributed by atoms with Gasteiger partial charge >= 0.3 is 0 Å². The van der Waals surface area contributed by atoms with Crippen LogP contribution in [0.25, 0.3) is 22.3 Å². The topological polar surface area (TPSA) is 78.9 Å². The summed E-state index contributed by atoms with van der Waals surface area (Å²) < 4.78 is 0. The maximum atomic E-state index is 4.96. The summed E-state index contributed by atoms with van der Waals surface area (Å²) in [7, 11) is 0. The predicted molar refractivity (Wildman–Crippen MR) is 146 cm³/mol. The predicted octanol–water partition coefficient (Wildman–Crippen LogP) is 6.48. The fourth-order valence-electron chi connectivity index (χ4n) is 4.57. The van der Waals surface area contributed by atoms with Crippen molar-refractivity contribution in [1.82, 2.24) is 19.9 Å². The van der Waals surface area contributed by atoms with Gasteiger partial charge in [-0.1, -0.05) is 48.5 Å². The SMILES string of the molecule is Cc1nc(Nc2cccc(Nc3nc4ccccc4nc3N3CCCC3)c2)cc(-c2ccccc2)n1. The van der Waals surface area contributed by atoms with Crippen LogP contribution in [-0.2, 0) is 0 Å². The molecule has 0 spiro atoms. The van der Waals surface area contributed by atoms with Crippen molar-refractivity contribution in [3.63, 3.8) is 0 Å². The lowest BCUT2D eigenvalue weighted by molar-refractivity contribution is 0.939. The van der Waals surface area contributed by atoms with Crippen molar-refractivity contribution in [2.75, 3.05) is 28.6 Å². The molecule has 5 aromatic rings. The molecule has 178 valence electrons. The first-order valence-electron chi connectivity index (χ1n) is 12.3. The van der Waals surface area contributed by atoms with Gasteiger partial charge in [-0.25, -0.2) is 19.9 Å². The molecule has 6 rings (SSSR count). The summed E-state index contributed by atoms with van der Waals surface area (Å²) in [5.41, 5.74) is 5.59. The number of aromatic nitrogens is 4. The second-order valence-corrected chi connectivity index (χ2v) is 8.96. The fourth-order valence-corrected chi connectivity index (χ4v) is 4.57. The maximum Gasteiger partial charge on any atom is 0.174 e. The summed E-state index contributed by atoms with van der Waals surface area (Å²) >= 11 is 0. The van der Waals surface area contributed by atoms with E-state index in [1.54, 1.807) is 0 Å². The van der Waals surface area contributed by atoms with Crippen LogP contribution < -0.4 is 15.5 Å². The lowest BCUT2D eigenvalue weighted by Gasteiger charge is -2.21. The monoisotopic (exact) mass is 473 g/mol. The summed E-state index contributed by atoms with van der Waals surface area (Å²) in [4.78, 5) is 21.4. The number of aryl methyl sites for hydroxylation is 1. The Morgan fingerprint density at radius 3 is 2.14 bits per heavy atom. The van der Waals surface area contributed by atoms with Crippen molar-refractivity contribution in [2.45, 2.75) is 19.8 Å². The number of nitrogens with zero attached hydrogens (tertiary/aromatic N) is 5. The molecule has 36 heavy (non-hydrogen) atoms. The third-order valence-corrected chi connectivity index (χ3v) is 6.26. The zero-order valence-corrected chi connectivity index (χ0v) is 20.1. The van der Waals surface area contributed by atoms with E-state index in [1.807, 2.05) is 73.7 Å². The van der Waals surface area contributed by atoms with Crippen molar-refractivity contribution >= 4 is 39.9 Å². The van der Waals surface area contributed by atoms with Gasteiger partial charge in [-0.15, -0.1) is 0 Å². The Bertz CT molecular complexity index is 1510. The Morgan fingerprint density at radius 2 is 1.36 bits per heavy atom. The van der Waals surface area contributed by atoms with E-state index >= 15 is 0 Å². The van der Waals surface area contributed by atoms with E-state index in [9.17, 15) is 0 Å². The van der Waals surface area contributed by atoms with Crippen LogP contribution in [0.2, 0.25) is 0 Å². The van der Waals surface area contributed by atoms with Crippen LogP contribution in [0.3, 0.4) is 0 Å². The van der Waals surface area contributed by atoms with E-state index in [2.05, 4.69) is 43.7 Å². The molecule has 3 aromatic carbocycles. The number of hydrogen-bond donors (Lipinski definition) is 2. The molecule has 3 heterocycles. The molecule has 0 unspecified atom stereocenters. The minimum atomic E-state index is 0.717. The van der Waals surface area contributed by atoms with Gasteiger partial charge in [-0.2, -0.15) is 0 Å². The number of fused-ring (bicyclic) bond motifs is 1. The zero-order chi connectivity index (χ0) is 24.3. The summed E-state index contributed by atoms with van der Waals surface area (Å²) in [6.07, 6.45) is 2.35. The first kappa shape index (κ1) is 22.0. The first-order valence-corrected chi connectivity index (χ1v) is 12.3. The summed E-state index contributed by atoms with van der Waals surface area (Å²) in [6, 6.07) is 28.3. The number of hydrogen-bond acceptors (Lipinski definition) is 7. The molecular formula is C29H27N7. The van der Waals surface area contributed by atoms with Gasteiger partial charge in [0.1, 0.15) is 11.6 Å². The normalized spacial score (nSPS) is 13.2. The highest BCUT2D eigenvalue weighted by molar-refractivity contribution is 5.82. The number of nitrogens with one attached hydrogen (secondary N) is 2. The first-order chi connectivity index (χ1) is 17.7. The van der Waals surface area contributed by atoms with Gasteiger partial charge in [0.25, 0.3) is 0 Å². The van der Waals surface area contributed by atoms with E-state index in [1.165, 1.54) is 12.8 Å². The Labute approximate surface area is 210 Å². The van der Waals surface area contributed by atoms with Crippen LogP contribution in [0.15, 0.2) is 84.9 Å². The Kier molecular flexibility index (Phi) is 5.87. The van der Waals surface area contributed by atoms with E-state index in [-0.39, 0.29) is 0 Å². The van der Waals surface area contributed by atoms with Gasteiger partial charge in [-0.05, 0) is 50.1 Å². The van der Waals surface area contributed by atoms with Gasteiger partial charge in [0.2, 0.25) is 0 Å². The highest BCUT2D eigenvalue weighted by Gasteiger charge is 2.19.